The topological polar surface area (TPSA) is 155 Å². The molecule has 3 saturated heterocycles. The molecule has 0 aromatic rings. The van der Waals surface area contributed by atoms with Gasteiger partial charge >= 0.3 is 0 Å². The summed E-state index contributed by atoms with van der Waals surface area (Å²) < 4.78 is 37.6. The van der Waals surface area contributed by atoms with Crippen molar-refractivity contribution >= 4 is 12.3 Å². The second kappa shape index (κ2) is 11.7. The fourth-order valence-electron chi connectivity index (χ4n) is 4.38. The van der Waals surface area contributed by atoms with Gasteiger partial charge in [-0.3, -0.25) is 4.18 Å². The van der Waals surface area contributed by atoms with E-state index in [1.165, 1.54) is 7.11 Å². The highest BCUT2D eigenvalue weighted by molar-refractivity contribution is 7.89. The van der Waals surface area contributed by atoms with Gasteiger partial charge in [0, 0.05) is 18.9 Å². The van der Waals surface area contributed by atoms with E-state index in [1.54, 1.807) is 0 Å². The molecule has 0 saturated carbocycles. The maximum atomic E-state index is 10.7. The average molecular weight is 458 g/mol. The largest absolute Gasteiger partial charge is 0.394 e. The molecule has 0 aromatic carbocycles. The molecule has 2 bridgehead atoms. The molecule has 13 heteroatoms. The second-order valence-electron chi connectivity index (χ2n) is 7.50. The van der Waals surface area contributed by atoms with Gasteiger partial charge in [0.1, 0.15) is 24.4 Å². The molecule has 3 rings (SSSR count). The minimum Gasteiger partial charge on any atom is -0.394 e. The third-order valence-electron chi connectivity index (χ3n) is 5.92. The molecule has 4 N–H and O–H groups in total. The molecule has 4 unspecified atom stereocenters. The number of methoxy groups -OCH3 is 1. The van der Waals surface area contributed by atoms with E-state index in [0.29, 0.717) is 25.4 Å². The smallest absolute Gasteiger partial charge is 0.198 e. The number of hydrogen-bond donors (Lipinski definition) is 4. The lowest BCUT2D eigenvalue weighted by atomic mass is 9.84. The Hall–Kier alpha value is -0.130. The maximum absolute atomic E-state index is 10.7. The average Bonchev–Trinajstić information content (AvgIpc) is 3.07. The van der Waals surface area contributed by atoms with Gasteiger partial charge in [-0.2, -0.15) is 0 Å². The third-order valence-corrected chi connectivity index (χ3v) is 6.34. The van der Waals surface area contributed by atoms with Crippen molar-refractivity contribution < 1.29 is 57.8 Å². The summed E-state index contributed by atoms with van der Waals surface area (Å²) in [5.41, 5.74) is 0. The first-order chi connectivity index (χ1) is 14.5. The Kier molecular flexibility index (Phi) is 9.52. The third kappa shape index (κ3) is 5.26. The first-order valence-electron chi connectivity index (χ1n) is 9.85. The van der Waals surface area contributed by atoms with Crippen molar-refractivity contribution in [2.75, 3.05) is 33.5 Å². The lowest BCUT2D eigenvalue weighted by Crippen LogP contribution is -2.57. The van der Waals surface area contributed by atoms with Crippen molar-refractivity contribution in [3.05, 3.63) is 0 Å². The van der Waals surface area contributed by atoms with Crippen molar-refractivity contribution in [2.24, 2.45) is 11.8 Å². The van der Waals surface area contributed by atoms with E-state index in [-0.39, 0.29) is 37.8 Å². The molecule has 10 atom stereocenters. The number of fused-ring (bicyclic) bond motifs is 2. The van der Waals surface area contributed by atoms with E-state index in [2.05, 4.69) is 9.37 Å². The van der Waals surface area contributed by atoms with Crippen LogP contribution in [-0.2, 0) is 37.2 Å². The molecule has 0 spiro atoms. The molecule has 0 aromatic heterocycles. The highest BCUT2D eigenvalue weighted by Gasteiger charge is 2.51. The second-order valence-corrected chi connectivity index (χ2v) is 7.96. The fourth-order valence-corrected chi connectivity index (χ4v) is 4.79. The molecule has 3 aliphatic rings. The minimum atomic E-state index is -0.919. The number of aliphatic hydroxyl groups excluding tert-OH is 3. The predicted octanol–water partition coefficient (Wildman–Crippen LogP) is -0.733. The Labute approximate surface area is 178 Å². The van der Waals surface area contributed by atoms with Crippen molar-refractivity contribution in [1.82, 2.24) is 0 Å². The first kappa shape index (κ1) is 24.5. The zero-order chi connectivity index (χ0) is 21.7. The summed E-state index contributed by atoms with van der Waals surface area (Å²) in [4.78, 5) is 0. The van der Waals surface area contributed by atoms with Crippen LogP contribution in [0.1, 0.15) is 13.3 Å². The van der Waals surface area contributed by atoms with E-state index in [0.717, 1.165) is 0 Å². The molecule has 0 aliphatic carbocycles. The van der Waals surface area contributed by atoms with Gasteiger partial charge in [0.15, 0.2) is 18.6 Å². The quantitative estimate of drug-likeness (QED) is 0.133. The number of aliphatic hydroxyl groups is 3. The first-order valence-corrected chi connectivity index (χ1v) is 10.5. The van der Waals surface area contributed by atoms with E-state index >= 15 is 0 Å². The fraction of sp³-hybridized carbons (Fsp3) is 1.00. The highest BCUT2D eigenvalue weighted by atomic mass is 32.2. The summed E-state index contributed by atoms with van der Waals surface area (Å²) in [5.74, 6) is -0.549. The Morgan fingerprint density at radius 1 is 1.07 bits per heavy atom. The zero-order valence-corrected chi connectivity index (χ0v) is 17.6. The summed E-state index contributed by atoms with van der Waals surface area (Å²) in [6.07, 6.45) is -4.84. The van der Waals surface area contributed by atoms with Crippen molar-refractivity contribution in [2.45, 2.75) is 62.4 Å². The van der Waals surface area contributed by atoms with Gasteiger partial charge < -0.3 is 39.0 Å². The van der Waals surface area contributed by atoms with E-state index < -0.39 is 42.9 Å². The minimum absolute atomic E-state index is 0.0734. The van der Waals surface area contributed by atoms with E-state index in [9.17, 15) is 15.3 Å². The Bertz CT molecular complexity index is 515. The molecular weight excluding hydrogens is 428 g/mol. The van der Waals surface area contributed by atoms with Gasteiger partial charge in [-0.15, -0.1) is 4.33 Å². The summed E-state index contributed by atoms with van der Waals surface area (Å²) in [6.45, 7) is 2.19. The van der Waals surface area contributed by atoms with Crippen molar-refractivity contribution in [3.8, 4) is 0 Å². The van der Waals surface area contributed by atoms with Crippen LogP contribution < -0.4 is 0 Å². The molecule has 3 fully saturated rings. The van der Waals surface area contributed by atoms with Crippen LogP contribution in [0.4, 0.5) is 0 Å². The number of hydrogen-bond acceptors (Lipinski definition) is 13. The summed E-state index contributed by atoms with van der Waals surface area (Å²) in [7, 11) is 1.46. The van der Waals surface area contributed by atoms with Crippen molar-refractivity contribution in [1.29, 1.82) is 0 Å². The van der Waals surface area contributed by atoms with Gasteiger partial charge in [-0.25, -0.2) is 5.26 Å². The highest BCUT2D eigenvalue weighted by Crippen LogP contribution is 2.36. The van der Waals surface area contributed by atoms with Gasteiger partial charge in [0.2, 0.25) is 0 Å². The zero-order valence-electron chi connectivity index (χ0n) is 16.8. The van der Waals surface area contributed by atoms with Crippen LogP contribution in [0.3, 0.4) is 0 Å². The standard InChI is InChI=1S/C17H30O12S/c1-3-8-13(19)12(25-10(4-18)15(8)27-30-29-28-21)6-23-5-9-11-7-24-16(9)14(20)17(22-2)26-11/h8-21H,3-7H2,1-2H3/t8-,9-,10?,11?,12-,13?,14?,15-,16+,17-/m0/s1. The van der Waals surface area contributed by atoms with Crippen LogP contribution in [-0.4, -0.2) is 103 Å². The predicted molar refractivity (Wildman–Crippen MR) is 98.5 cm³/mol. The van der Waals surface area contributed by atoms with Gasteiger partial charge in [0.25, 0.3) is 0 Å². The van der Waals surface area contributed by atoms with E-state index in [4.69, 9.17) is 33.1 Å². The molecule has 0 amide bonds. The van der Waals surface area contributed by atoms with Crippen LogP contribution in [0.5, 0.6) is 0 Å². The lowest BCUT2D eigenvalue weighted by Gasteiger charge is -2.43. The SMILES string of the molecule is CC[C@H]1C(O)[C@H](COC[C@H]2C3CO[C@H]2C(O)[C@@H](OC)O3)OC(CO)[C@H]1OSOOO. The summed E-state index contributed by atoms with van der Waals surface area (Å²) in [5, 5.41) is 42.4. The number of rotatable bonds is 11. The maximum Gasteiger partial charge on any atom is 0.198 e. The van der Waals surface area contributed by atoms with Gasteiger partial charge in [0.05, 0.1) is 44.7 Å². The monoisotopic (exact) mass is 458 g/mol. The van der Waals surface area contributed by atoms with Crippen LogP contribution in [0.2, 0.25) is 0 Å². The number of ether oxygens (including phenoxy) is 5. The van der Waals surface area contributed by atoms with Gasteiger partial charge in [-0.1, -0.05) is 12.0 Å². The summed E-state index contributed by atoms with van der Waals surface area (Å²) >= 11 is 0.380. The summed E-state index contributed by atoms with van der Waals surface area (Å²) in [6, 6.07) is 0. The normalized spacial score (nSPS) is 43.8. The molecule has 12 nitrogen and oxygen atoms in total. The molecule has 0 radical (unpaired) electrons. The lowest BCUT2D eigenvalue weighted by molar-refractivity contribution is -0.434. The Balaban J connectivity index is 1.53. The van der Waals surface area contributed by atoms with Gasteiger partial charge in [-0.05, 0) is 6.42 Å². The van der Waals surface area contributed by atoms with Crippen LogP contribution in [0.25, 0.3) is 0 Å². The van der Waals surface area contributed by atoms with Crippen LogP contribution in [0.15, 0.2) is 0 Å². The van der Waals surface area contributed by atoms with E-state index in [1.807, 2.05) is 6.92 Å². The molecule has 176 valence electrons. The molecular formula is C17H30O12S. The van der Waals surface area contributed by atoms with Crippen LogP contribution in [0, 0.1) is 11.8 Å². The molecule has 30 heavy (non-hydrogen) atoms. The van der Waals surface area contributed by atoms with Crippen molar-refractivity contribution in [3.63, 3.8) is 0 Å². The Morgan fingerprint density at radius 3 is 2.53 bits per heavy atom. The molecule has 3 heterocycles. The van der Waals surface area contributed by atoms with Crippen LogP contribution >= 0.6 is 12.3 Å². The Morgan fingerprint density at radius 2 is 1.87 bits per heavy atom. The molecule has 3 aliphatic heterocycles.